The first-order valence-electron chi connectivity index (χ1n) is 7.10. The molecule has 5 nitrogen and oxygen atoms in total. The Labute approximate surface area is 124 Å². The first-order valence-corrected chi connectivity index (χ1v) is 7.10. The van der Waals surface area contributed by atoms with Gasteiger partial charge >= 0.3 is 0 Å². The monoisotopic (exact) mass is 282 g/mol. The molecular formula is C16H18N4O. The molecule has 1 N–H and O–H groups in total. The summed E-state index contributed by atoms with van der Waals surface area (Å²) in [5, 5.41) is 2.99. The Bertz CT molecular complexity index is 629. The fourth-order valence-electron chi connectivity index (χ4n) is 2.68. The summed E-state index contributed by atoms with van der Waals surface area (Å²) in [6.45, 7) is 0.753. The van der Waals surface area contributed by atoms with Crippen LogP contribution in [0.4, 0.5) is 5.82 Å². The van der Waals surface area contributed by atoms with Gasteiger partial charge in [-0.1, -0.05) is 30.3 Å². The predicted octanol–water partition coefficient (Wildman–Crippen LogP) is 1.86. The average Bonchev–Trinajstić information content (AvgIpc) is 2.93. The summed E-state index contributed by atoms with van der Waals surface area (Å²) in [4.78, 5) is 21.9. The molecule has 0 radical (unpaired) electrons. The Morgan fingerprint density at radius 1 is 1.33 bits per heavy atom. The van der Waals surface area contributed by atoms with Crippen LogP contribution in [0.2, 0.25) is 0 Å². The smallest absolute Gasteiger partial charge is 0.220 e. The van der Waals surface area contributed by atoms with E-state index in [4.69, 9.17) is 0 Å². The number of nitrogens with one attached hydrogen (secondary N) is 1. The SMILES string of the molecule is CN(C[C@@H]1CCC(=O)N1)c1ncncc1-c1ccccc1. The summed E-state index contributed by atoms with van der Waals surface area (Å²) >= 11 is 0. The lowest BCUT2D eigenvalue weighted by atomic mass is 10.1. The van der Waals surface area contributed by atoms with Crippen molar-refractivity contribution in [2.45, 2.75) is 18.9 Å². The van der Waals surface area contributed by atoms with Crippen molar-refractivity contribution in [3.05, 3.63) is 42.9 Å². The van der Waals surface area contributed by atoms with E-state index in [0.717, 1.165) is 29.9 Å². The minimum absolute atomic E-state index is 0.138. The summed E-state index contributed by atoms with van der Waals surface area (Å²) in [5.74, 6) is 1.02. The molecule has 5 heteroatoms. The van der Waals surface area contributed by atoms with Crippen molar-refractivity contribution in [1.29, 1.82) is 0 Å². The second-order valence-electron chi connectivity index (χ2n) is 5.31. The van der Waals surface area contributed by atoms with Gasteiger partial charge in [-0.3, -0.25) is 4.79 Å². The highest BCUT2D eigenvalue weighted by Gasteiger charge is 2.23. The number of carbonyl (C=O) groups is 1. The highest BCUT2D eigenvalue weighted by atomic mass is 16.1. The third kappa shape index (κ3) is 3.02. The van der Waals surface area contributed by atoms with Gasteiger partial charge < -0.3 is 10.2 Å². The Morgan fingerprint density at radius 3 is 2.86 bits per heavy atom. The van der Waals surface area contributed by atoms with Crippen LogP contribution < -0.4 is 10.2 Å². The molecule has 3 rings (SSSR count). The second-order valence-corrected chi connectivity index (χ2v) is 5.31. The molecule has 21 heavy (non-hydrogen) atoms. The van der Waals surface area contributed by atoms with E-state index < -0.39 is 0 Å². The van der Waals surface area contributed by atoms with Crippen molar-refractivity contribution in [3.8, 4) is 11.1 Å². The molecule has 0 aliphatic carbocycles. The Morgan fingerprint density at radius 2 is 2.14 bits per heavy atom. The zero-order valence-electron chi connectivity index (χ0n) is 12.0. The molecule has 0 bridgehead atoms. The maximum absolute atomic E-state index is 11.3. The Hall–Kier alpha value is -2.43. The molecule has 2 aromatic rings. The second kappa shape index (κ2) is 5.91. The molecule has 1 aliphatic heterocycles. The molecule has 1 aliphatic rings. The van der Waals surface area contributed by atoms with Gasteiger partial charge in [-0.25, -0.2) is 9.97 Å². The Balaban J connectivity index is 1.83. The summed E-state index contributed by atoms with van der Waals surface area (Å²) in [5.41, 5.74) is 2.10. The Kier molecular flexibility index (Phi) is 3.81. The van der Waals surface area contributed by atoms with Crippen LogP contribution in [0.15, 0.2) is 42.9 Å². The van der Waals surface area contributed by atoms with Crippen LogP contribution in [-0.2, 0) is 4.79 Å². The number of aromatic nitrogens is 2. The standard InChI is InChI=1S/C16H18N4O/c1-20(10-13-7-8-15(21)19-13)16-14(9-17-11-18-16)12-5-3-2-4-6-12/h2-6,9,11,13H,7-8,10H2,1H3,(H,19,21)/t13-/m0/s1. The molecule has 1 aromatic carbocycles. The van der Waals surface area contributed by atoms with Crippen molar-refractivity contribution < 1.29 is 4.79 Å². The van der Waals surface area contributed by atoms with Crippen molar-refractivity contribution in [1.82, 2.24) is 15.3 Å². The number of amides is 1. The fraction of sp³-hybridized carbons (Fsp3) is 0.312. The van der Waals surface area contributed by atoms with Gasteiger partial charge in [0.25, 0.3) is 0 Å². The van der Waals surface area contributed by atoms with Gasteiger partial charge in [0.1, 0.15) is 12.1 Å². The van der Waals surface area contributed by atoms with E-state index >= 15 is 0 Å². The third-order valence-electron chi connectivity index (χ3n) is 3.72. The van der Waals surface area contributed by atoms with Crippen LogP contribution >= 0.6 is 0 Å². The zero-order chi connectivity index (χ0) is 14.7. The topological polar surface area (TPSA) is 58.1 Å². The summed E-state index contributed by atoms with van der Waals surface area (Å²) < 4.78 is 0. The lowest BCUT2D eigenvalue weighted by Crippen LogP contribution is -2.37. The molecule has 0 unspecified atom stereocenters. The summed E-state index contributed by atoms with van der Waals surface area (Å²) in [7, 11) is 2.00. The van der Waals surface area contributed by atoms with E-state index in [-0.39, 0.29) is 11.9 Å². The molecule has 0 spiro atoms. The van der Waals surface area contributed by atoms with Crippen LogP contribution in [0.25, 0.3) is 11.1 Å². The zero-order valence-corrected chi connectivity index (χ0v) is 12.0. The molecule has 1 atom stereocenters. The van der Waals surface area contributed by atoms with Crippen LogP contribution in [0.5, 0.6) is 0 Å². The van der Waals surface area contributed by atoms with Crippen LogP contribution in [0.1, 0.15) is 12.8 Å². The number of anilines is 1. The van der Waals surface area contributed by atoms with Crippen LogP contribution in [0.3, 0.4) is 0 Å². The molecule has 1 aromatic heterocycles. The highest BCUT2D eigenvalue weighted by molar-refractivity contribution is 5.79. The predicted molar refractivity (Wildman–Crippen MR) is 81.9 cm³/mol. The lowest BCUT2D eigenvalue weighted by molar-refractivity contribution is -0.119. The summed E-state index contributed by atoms with van der Waals surface area (Å²) in [6.07, 6.45) is 4.90. The van der Waals surface area contributed by atoms with Gasteiger partial charge in [0, 0.05) is 37.8 Å². The van der Waals surface area contributed by atoms with E-state index in [0.29, 0.717) is 6.42 Å². The van der Waals surface area contributed by atoms with E-state index in [1.54, 1.807) is 6.33 Å². The number of hydrogen-bond donors (Lipinski definition) is 1. The van der Waals surface area contributed by atoms with Crippen molar-refractivity contribution in [2.24, 2.45) is 0 Å². The van der Waals surface area contributed by atoms with Crippen LogP contribution in [-0.4, -0.2) is 35.5 Å². The fourth-order valence-corrected chi connectivity index (χ4v) is 2.68. The molecule has 1 amide bonds. The van der Waals surface area contributed by atoms with Crippen LogP contribution in [0, 0.1) is 0 Å². The minimum Gasteiger partial charge on any atom is -0.357 e. The van der Waals surface area contributed by atoms with Gasteiger partial charge in [-0.05, 0) is 12.0 Å². The van der Waals surface area contributed by atoms with Gasteiger partial charge in [-0.2, -0.15) is 0 Å². The average molecular weight is 282 g/mol. The first-order chi connectivity index (χ1) is 10.2. The third-order valence-corrected chi connectivity index (χ3v) is 3.72. The van der Waals surface area contributed by atoms with Gasteiger partial charge in [0.2, 0.25) is 5.91 Å². The lowest BCUT2D eigenvalue weighted by Gasteiger charge is -2.24. The van der Waals surface area contributed by atoms with E-state index in [1.807, 2.05) is 43.6 Å². The molecule has 1 fully saturated rings. The largest absolute Gasteiger partial charge is 0.357 e. The summed E-state index contributed by atoms with van der Waals surface area (Å²) in [6, 6.07) is 10.3. The van der Waals surface area contributed by atoms with Gasteiger partial charge in [0.15, 0.2) is 0 Å². The number of likely N-dealkylation sites (N-methyl/N-ethyl adjacent to an activating group) is 1. The molecule has 108 valence electrons. The van der Waals surface area contributed by atoms with E-state index in [1.165, 1.54) is 0 Å². The maximum atomic E-state index is 11.3. The van der Waals surface area contributed by atoms with Crippen molar-refractivity contribution in [3.63, 3.8) is 0 Å². The minimum atomic E-state index is 0.138. The number of benzene rings is 1. The number of hydrogen-bond acceptors (Lipinski definition) is 4. The van der Waals surface area contributed by atoms with Crippen molar-refractivity contribution in [2.75, 3.05) is 18.5 Å². The van der Waals surface area contributed by atoms with E-state index in [9.17, 15) is 4.79 Å². The van der Waals surface area contributed by atoms with E-state index in [2.05, 4.69) is 20.2 Å². The highest BCUT2D eigenvalue weighted by Crippen LogP contribution is 2.27. The number of carbonyl (C=O) groups excluding carboxylic acids is 1. The maximum Gasteiger partial charge on any atom is 0.220 e. The molecule has 2 heterocycles. The molecule has 1 saturated heterocycles. The number of rotatable bonds is 4. The van der Waals surface area contributed by atoms with Gasteiger partial charge in [-0.15, -0.1) is 0 Å². The van der Waals surface area contributed by atoms with Gasteiger partial charge in [0.05, 0.1) is 0 Å². The first kappa shape index (κ1) is 13.5. The number of nitrogens with zero attached hydrogens (tertiary/aromatic N) is 3. The quantitative estimate of drug-likeness (QED) is 0.930. The molecule has 0 saturated carbocycles. The molecular weight excluding hydrogens is 264 g/mol. The van der Waals surface area contributed by atoms with Crippen molar-refractivity contribution >= 4 is 11.7 Å². The normalized spacial score (nSPS) is 17.6.